The van der Waals surface area contributed by atoms with E-state index in [-0.39, 0.29) is 18.6 Å². The molecule has 0 radical (unpaired) electrons. The number of carbonyl (C=O) groups excluding carboxylic acids is 1. The number of hydrogen-bond acceptors (Lipinski definition) is 5. The van der Waals surface area contributed by atoms with E-state index in [0.29, 0.717) is 18.7 Å². The normalized spacial score (nSPS) is 12.4. The molecule has 7 heteroatoms. The largest absolute Gasteiger partial charge is 0.479 e. The van der Waals surface area contributed by atoms with E-state index >= 15 is 0 Å². The van der Waals surface area contributed by atoms with Crippen LogP contribution in [0.25, 0.3) is 11.0 Å². The molecule has 0 aliphatic carbocycles. The van der Waals surface area contributed by atoms with E-state index in [2.05, 4.69) is 15.4 Å². The number of nitrogens with zero attached hydrogens (tertiary/aromatic N) is 3. The van der Waals surface area contributed by atoms with Crippen LogP contribution in [0, 0.1) is 13.8 Å². The number of aliphatic hydroxyl groups excluding tert-OH is 1. The van der Waals surface area contributed by atoms with E-state index in [1.807, 2.05) is 20.9 Å². The number of amides is 1. The quantitative estimate of drug-likeness (QED) is 0.829. The topological polar surface area (TPSA) is 89.3 Å². The lowest BCUT2D eigenvalue weighted by Gasteiger charge is -2.13. The van der Waals surface area contributed by atoms with Gasteiger partial charge in [0.05, 0.1) is 19.1 Å². The molecule has 0 aliphatic rings. The molecule has 0 bridgehead atoms. The van der Waals surface area contributed by atoms with Crippen LogP contribution in [0.3, 0.4) is 0 Å². The van der Waals surface area contributed by atoms with Gasteiger partial charge >= 0.3 is 0 Å². The summed E-state index contributed by atoms with van der Waals surface area (Å²) in [6.45, 7) is 5.65. The van der Waals surface area contributed by atoms with Crippen molar-refractivity contribution >= 4 is 16.9 Å². The third-order valence-electron chi connectivity index (χ3n) is 4.00. The van der Waals surface area contributed by atoms with Gasteiger partial charge < -0.3 is 15.2 Å². The fraction of sp³-hybridized carbons (Fsp3) is 0.562. The van der Waals surface area contributed by atoms with Gasteiger partial charge in [-0.2, -0.15) is 0 Å². The summed E-state index contributed by atoms with van der Waals surface area (Å²) in [4.78, 5) is 16.5. The Hall–Kier alpha value is -2.15. The maximum atomic E-state index is 11.9. The SMILES string of the molecule is COc1nn(C)c2nc(C)c(CCC(=O)NC(C)CO)c(C)c12. The molecule has 2 aromatic rings. The predicted octanol–water partition coefficient (Wildman–Crippen LogP) is 1.02. The number of aliphatic hydroxyl groups is 1. The van der Waals surface area contributed by atoms with E-state index < -0.39 is 0 Å². The van der Waals surface area contributed by atoms with Crippen LogP contribution in [0.1, 0.15) is 30.2 Å². The Labute approximate surface area is 135 Å². The molecule has 23 heavy (non-hydrogen) atoms. The standard InChI is InChI=1S/C16H24N4O3/c1-9(8-21)17-13(22)7-6-12-10(2)14-15(18-11(12)3)20(4)19-16(14)23-5/h9,21H,6-8H2,1-5H3,(H,17,22). The number of carbonyl (C=O) groups is 1. The minimum absolute atomic E-state index is 0.0653. The number of aromatic nitrogens is 3. The number of pyridine rings is 1. The minimum Gasteiger partial charge on any atom is -0.479 e. The Bertz CT molecular complexity index is 724. The highest BCUT2D eigenvalue weighted by Crippen LogP contribution is 2.30. The van der Waals surface area contributed by atoms with Crippen molar-refractivity contribution in [2.24, 2.45) is 7.05 Å². The van der Waals surface area contributed by atoms with Crippen molar-refractivity contribution in [3.8, 4) is 5.88 Å². The van der Waals surface area contributed by atoms with Crippen LogP contribution in [0.4, 0.5) is 0 Å². The predicted molar refractivity (Wildman–Crippen MR) is 87.5 cm³/mol. The summed E-state index contributed by atoms with van der Waals surface area (Å²) in [5, 5.41) is 17.0. The van der Waals surface area contributed by atoms with Gasteiger partial charge in [-0.15, -0.1) is 5.10 Å². The Morgan fingerprint density at radius 2 is 2.13 bits per heavy atom. The second-order valence-electron chi connectivity index (χ2n) is 5.78. The molecule has 0 aliphatic heterocycles. The number of methoxy groups -OCH3 is 1. The Balaban J connectivity index is 2.29. The zero-order chi connectivity index (χ0) is 17.1. The molecule has 1 unspecified atom stereocenters. The Morgan fingerprint density at radius 1 is 1.43 bits per heavy atom. The third-order valence-corrected chi connectivity index (χ3v) is 4.00. The van der Waals surface area contributed by atoms with Gasteiger partial charge in [-0.1, -0.05) is 0 Å². The van der Waals surface area contributed by atoms with E-state index in [1.54, 1.807) is 18.7 Å². The molecular weight excluding hydrogens is 296 g/mol. The van der Waals surface area contributed by atoms with Gasteiger partial charge in [0.25, 0.3) is 0 Å². The second-order valence-corrected chi connectivity index (χ2v) is 5.78. The van der Waals surface area contributed by atoms with E-state index in [4.69, 9.17) is 9.84 Å². The molecule has 126 valence electrons. The summed E-state index contributed by atoms with van der Waals surface area (Å²) in [6, 6.07) is -0.233. The number of ether oxygens (including phenoxy) is 1. The molecule has 0 spiro atoms. The fourth-order valence-electron chi connectivity index (χ4n) is 2.74. The second kappa shape index (κ2) is 6.95. The van der Waals surface area contributed by atoms with Gasteiger partial charge in [0.15, 0.2) is 5.65 Å². The Kier molecular flexibility index (Phi) is 5.20. The van der Waals surface area contributed by atoms with Crippen molar-refractivity contribution in [3.63, 3.8) is 0 Å². The van der Waals surface area contributed by atoms with Crippen molar-refractivity contribution < 1.29 is 14.6 Å². The maximum Gasteiger partial charge on any atom is 0.242 e. The first-order valence-corrected chi connectivity index (χ1v) is 7.66. The first-order valence-electron chi connectivity index (χ1n) is 7.66. The van der Waals surface area contributed by atoms with Crippen LogP contribution in [0.2, 0.25) is 0 Å². The fourth-order valence-corrected chi connectivity index (χ4v) is 2.74. The molecule has 2 aromatic heterocycles. The van der Waals surface area contributed by atoms with Crippen LogP contribution in [0.15, 0.2) is 0 Å². The summed E-state index contributed by atoms with van der Waals surface area (Å²) in [5.41, 5.74) is 3.75. The van der Waals surface area contributed by atoms with E-state index in [0.717, 1.165) is 27.9 Å². The first-order chi connectivity index (χ1) is 10.9. The summed E-state index contributed by atoms with van der Waals surface area (Å²) in [5.74, 6) is 0.468. The third kappa shape index (κ3) is 3.44. The maximum absolute atomic E-state index is 11.9. The molecule has 0 saturated heterocycles. The molecule has 2 heterocycles. The highest BCUT2D eigenvalue weighted by Gasteiger charge is 2.18. The summed E-state index contributed by atoms with van der Waals surface area (Å²) < 4.78 is 7.04. The van der Waals surface area contributed by atoms with Crippen LogP contribution in [-0.4, -0.2) is 45.5 Å². The molecule has 0 aromatic carbocycles. The smallest absolute Gasteiger partial charge is 0.242 e. The van der Waals surface area contributed by atoms with Crippen LogP contribution in [-0.2, 0) is 18.3 Å². The molecule has 7 nitrogen and oxygen atoms in total. The van der Waals surface area contributed by atoms with Crippen molar-refractivity contribution in [1.82, 2.24) is 20.1 Å². The number of rotatable bonds is 6. The Morgan fingerprint density at radius 3 is 2.74 bits per heavy atom. The van der Waals surface area contributed by atoms with Gasteiger partial charge in [0.2, 0.25) is 11.8 Å². The molecule has 0 fully saturated rings. The number of fused-ring (bicyclic) bond motifs is 1. The summed E-state index contributed by atoms with van der Waals surface area (Å²) in [7, 11) is 3.42. The molecule has 1 atom stereocenters. The van der Waals surface area contributed by atoms with Gasteiger partial charge in [0, 0.05) is 25.2 Å². The molecule has 0 saturated carbocycles. The van der Waals surface area contributed by atoms with Gasteiger partial charge in [-0.25, -0.2) is 9.67 Å². The molecular formula is C16H24N4O3. The molecule has 1 amide bonds. The van der Waals surface area contributed by atoms with Crippen LogP contribution >= 0.6 is 0 Å². The van der Waals surface area contributed by atoms with Crippen LogP contribution < -0.4 is 10.1 Å². The van der Waals surface area contributed by atoms with E-state index in [1.165, 1.54) is 0 Å². The highest BCUT2D eigenvalue weighted by atomic mass is 16.5. The molecule has 2 rings (SSSR count). The van der Waals surface area contributed by atoms with E-state index in [9.17, 15) is 4.79 Å². The number of nitrogens with one attached hydrogen (secondary N) is 1. The minimum atomic E-state index is -0.233. The first kappa shape index (κ1) is 17.2. The van der Waals surface area contributed by atoms with Crippen molar-refractivity contribution in [3.05, 3.63) is 16.8 Å². The van der Waals surface area contributed by atoms with Crippen molar-refractivity contribution in [1.29, 1.82) is 0 Å². The molecule has 2 N–H and O–H groups in total. The zero-order valence-electron chi connectivity index (χ0n) is 14.3. The lowest BCUT2D eigenvalue weighted by molar-refractivity contribution is -0.121. The van der Waals surface area contributed by atoms with Gasteiger partial charge in [0.1, 0.15) is 0 Å². The number of aryl methyl sites for hydroxylation is 3. The summed E-state index contributed by atoms with van der Waals surface area (Å²) in [6.07, 6.45) is 0.935. The average molecular weight is 320 g/mol. The van der Waals surface area contributed by atoms with Gasteiger partial charge in [-0.05, 0) is 38.3 Å². The zero-order valence-corrected chi connectivity index (χ0v) is 14.3. The monoisotopic (exact) mass is 320 g/mol. The van der Waals surface area contributed by atoms with Gasteiger partial charge in [-0.3, -0.25) is 4.79 Å². The van der Waals surface area contributed by atoms with Crippen molar-refractivity contribution in [2.45, 2.75) is 39.7 Å². The highest BCUT2D eigenvalue weighted by molar-refractivity contribution is 5.86. The van der Waals surface area contributed by atoms with Crippen molar-refractivity contribution in [2.75, 3.05) is 13.7 Å². The number of hydrogen-bond donors (Lipinski definition) is 2. The average Bonchev–Trinajstić information content (AvgIpc) is 2.83. The summed E-state index contributed by atoms with van der Waals surface area (Å²) >= 11 is 0. The van der Waals surface area contributed by atoms with Crippen LogP contribution in [0.5, 0.6) is 5.88 Å². The lowest BCUT2D eigenvalue weighted by atomic mass is 10.00. The lowest BCUT2D eigenvalue weighted by Crippen LogP contribution is -2.35.